The summed E-state index contributed by atoms with van der Waals surface area (Å²) in [6.45, 7) is 8.86. The van der Waals surface area contributed by atoms with Crippen molar-refractivity contribution in [3.63, 3.8) is 0 Å². The Labute approximate surface area is 539 Å². The van der Waals surface area contributed by atoms with Crippen LogP contribution in [-0.2, 0) is 49.7 Å². The maximum absolute atomic E-state index is 12.3. The van der Waals surface area contributed by atoms with E-state index in [1.165, 1.54) is 180 Å². The average Bonchev–Trinajstić information content (AvgIpc) is 3.39. The molecule has 0 heterocycles. The number of nitrogens with one attached hydrogen (secondary N) is 4. The third-order valence-corrected chi connectivity index (χ3v) is 20.4. The van der Waals surface area contributed by atoms with Gasteiger partial charge in [-0.05, 0) is 25.7 Å². The Hall–Kier alpha value is 0.151. The van der Waals surface area contributed by atoms with Crippen LogP contribution in [-0.4, -0.2) is 130 Å². The van der Waals surface area contributed by atoms with Crippen LogP contribution in [0.25, 0.3) is 0 Å². The van der Waals surface area contributed by atoms with E-state index in [1.807, 2.05) is 18.9 Å². The van der Waals surface area contributed by atoms with Crippen molar-refractivity contribution in [1.29, 1.82) is 0 Å². The number of carboxylic acid groups (broad SMARTS) is 2. The number of carboxylic acids is 2. The van der Waals surface area contributed by atoms with E-state index in [2.05, 4.69) is 27.7 Å². The van der Waals surface area contributed by atoms with Crippen LogP contribution in [0.3, 0.4) is 0 Å². The molecule has 0 aromatic rings. The van der Waals surface area contributed by atoms with Crippen LogP contribution >= 0.6 is 0 Å². The van der Waals surface area contributed by atoms with Gasteiger partial charge in [0.15, 0.2) is 0 Å². The van der Waals surface area contributed by atoms with Crippen molar-refractivity contribution in [2.75, 3.05) is 23.0 Å². The molecule has 0 bridgehead atoms. The summed E-state index contributed by atoms with van der Waals surface area (Å²) in [5.74, 6) is -4.58. The first-order valence-corrected chi connectivity index (χ1v) is 39.3. The van der Waals surface area contributed by atoms with Gasteiger partial charge in [-0.2, -0.15) is 18.9 Å². The van der Waals surface area contributed by atoms with Gasteiger partial charge in [-0.3, -0.25) is 0 Å². The van der Waals surface area contributed by atoms with Crippen molar-refractivity contribution < 1.29 is 53.5 Å². The van der Waals surface area contributed by atoms with Gasteiger partial charge in [0.05, 0.1) is 35.0 Å². The Kier molecular flexibility index (Phi) is 62.3. The molecule has 0 aromatic carbocycles. The number of carbonyl (C=O) groups excluding carboxylic acids is 2. The van der Waals surface area contributed by atoms with Gasteiger partial charge < -0.3 is 19.8 Å². The molecule has 0 fully saturated rings. The molecule has 0 saturated heterocycles. The van der Waals surface area contributed by atoms with Gasteiger partial charge in [-0.15, -0.1) is 0 Å². The van der Waals surface area contributed by atoms with E-state index >= 15 is 0 Å². The van der Waals surface area contributed by atoms with Crippen LogP contribution in [0.1, 0.15) is 336 Å². The molecule has 0 aliphatic heterocycles. The van der Waals surface area contributed by atoms with Crippen molar-refractivity contribution >= 4 is 101 Å². The minimum Gasteiger partial charge on any atom is -0.547 e. The monoisotopic (exact) mass is 1360 g/mol. The van der Waals surface area contributed by atoms with Gasteiger partial charge in [0.25, 0.3) is 0 Å². The third-order valence-electron chi connectivity index (χ3n) is 14.7. The molecule has 81 heavy (non-hydrogen) atoms. The summed E-state index contributed by atoms with van der Waals surface area (Å²) in [4.78, 5) is 22.9. The SMILES string of the molecule is CCCCCCCCCCCCCCS(=O)(=O)NC(NS(=O)(=O)CCCCCCCCCCCCCC)C(=O)[O-].CCCCCCCCCCCCCCS(=O)(=O)NC(NS(=O)(=O)CCCCCCCCCCCCCC)C(=O)[O-].[Ba+2]. The summed E-state index contributed by atoms with van der Waals surface area (Å²) >= 11 is 0. The van der Waals surface area contributed by atoms with Gasteiger partial charge in [-0.1, -0.05) is 310 Å². The van der Waals surface area contributed by atoms with Crippen LogP contribution in [0.2, 0.25) is 0 Å². The molecule has 0 aliphatic carbocycles. The van der Waals surface area contributed by atoms with Crippen LogP contribution in [0.4, 0.5) is 0 Å². The second-order valence-corrected chi connectivity index (χ2v) is 30.3. The zero-order valence-corrected chi connectivity index (χ0v) is 59.9. The fraction of sp³-hybridized carbons (Fsp3) is 0.967. The minimum atomic E-state index is -3.96. The topological polar surface area (TPSA) is 265 Å². The standard InChI is InChI=1S/2C30H62N2O6S2.Ba/c2*1-3-5-7-9-11-13-15-17-19-21-23-25-27-39(35,36)31-29(30(33)34)32-40(37,38)28-26-24-22-20-18-16-14-12-10-8-6-4-2;/h2*29,31-32H,3-28H2,1-2H3,(H,33,34);/q;;+2/p-2. The van der Waals surface area contributed by atoms with Crippen molar-refractivity contribution in [2.45, 2.75) is 348 Å². The average molecular weight is 1360 g/mol. The van der Waals surface area contributed by atoms with Crippen molar-refractivity contribution in [1.82, 2.24) is 18.9 Å². The first-order chi connectivity index (χ1) is 38.3. The Balaban J connectivity index is -0.00000148. The number of hydrogen-bond donors (Lipinski definition) is 4. The molecule has 0 rings (SSSR count). The fourth-order valence-corrected chi connectivity index (χ4v) is 14.7. The molecule has 0 aromatic heterocycles. The number of carbonyl (C=O) groups is 2. The van der Waals surface area contributed by atoms with Crippen LogP contribution in [0.15, 0.2) is 0 Å². The van der Waals surface area contributed by atoms with Crippen LogP contribution in [0, 0.1) is 0 Å². The Morgan fingerprint density at radius 2 is 0.358 bits per heavy atom. The smallest absolute Gasteiger partial charge is 0.547 e. The first-order valence-electron chi connectivity index (χ1n) is 32.7. The predicted molar refractivity (Wildman–Crippen MR) is 335 cm³/mol. The van der Waals surface area contributed by atoms with Gasteiger partial charge in [0.1, 0.15) is 12.3 Å². The number of rotatable bonds is 62. The number of unbranched alkanes of at least 4 members (excludes halogenated alkanes) is 44. The summed E-state index contributed by atoms with van der Waals surface area (Å²) < 4.78 is 107. The summed E-state index contributed by atoms with van der Waals surface area (Å²) in [5.41, 5.74) is 0. The number of sulfonamides is 4. The Morgan fingerprint density at radius 3 is 0.469 bits per heavy atom. The Morgan fingerprint density at radius 1 is 0.247 bits per heavy atom. The fourth-order valence-electron chi connectivity index (χ4n) is 9.73. The molecule has 4 N–H and O–H groups in total. The molecule has 0 saturated carbocycles. The predicted octanol–water partition coefficient (Wildman–Crippen LogP) is 12.2. The summed E-state index contributed by atoms with van der Waals surface area (Å²) in [7, 11) is -15.8. The van der Waals surface area contributed by atoms with Crippen molar-refractivity contribution in [2.24, 2.45) is 0 Å². The first kappa shape index (κ1) is 85.4. The van der Waals surface area contributed by atoms with Gasteiger partial charge in [0.2, 0.25) is 40.1 Å². The largest absolute Gasteiger partial charge is 2.00 e. The molecule has 0 aliphatic rings. The molecule has 0 atom stereocenters. The maximum Gasteiger partial charge on any atom is 2.00 e. The molecule has 0 spiro atoms. The summed E-state index contributed by atoms with van der Waals surface area (Å²) in [6.07, 6.45) is 48.8. The van der Waals surface area contributed by atoms with E-state index in [9.17, 15) is 53.5 Å². The molecule has 0 radical (unpaired) electrons. The molecule has 0 unspecified atom stereocenters. The van der Waals surface area contributed by atoms with Crippen molar-refractivity contribution in [3.8, 4) is 0 Å². The van der Waals surface area contributed by atoms with E-state index in [1.54, 1.807) is 0 Å². The zero-order valence-electron chi connectivity index (χ0n) is 52.2. The minimum absolute atomic E-state index is 0. The quantitative estimate of drug-likeness (QED) is 0.0252. The molecule has 480 valence electrons. The van der Waals surface area contributed by atoms with E-state index < -0.39 is 64.4 Å². The molecule has 21 heteroatoms. The Bertz CT molecular complexity index is 1630. The van der Waals surface area contributed by atoms with Crippen molar-refractivity contribution in [3.05, 3.63) is 0 Å². The number of aliphatic carboxylic acids is 2. The van der Waals surface area contributed by atoms with Crippen LogP contribution in [0.5, 0.6) is 0 Å². The normalized spacial score (nSPS) is 12.2. The van der Waals surface area contributed by atoms with E-state index in [-0.39, 0.29) is 71.9 Å². The summed E-state index contributed by atoms with van der Waals surface area (Å²) in [6, 6.07) is 0. The van der Waals surface area contributed by atoms with Gasteiger partial charge in [-0.25, -0.2) is 33.7 Å². The van der Waals surface area contributed by atoms with Gasteiger partial charge in [0, 0.05) is 0 Å². The second-order valence-electron chi connectivity index (χ2n) is 22.8. The molecule has 0 amide bonds. The second kappa shape index (κ2) is 59.1. The third kappa shape index (κ3) is 63.0. The van der Waals surface area contributed by atoms with Gasteiger partial charge >= 0.3 is 48.9 Å². The molecule has 16 nitrogen and oxygen atoms in total. The molecular formula is C60H122BaN4O12S4. The zero-order chi connectivity index (χ0) is 59.9. The van der Waals surface area contributed by atoms with E-state index in [0.29, 0.717) is 25.7 Å². The maximum atomic E-state index is 12.3. The van der Waals surface area contributed by atoms with Crippen LogP contribution < -0.4 is 29.1 Å². The molecular weight excluding hydrogens is 1230 g/mol. The number of hydrogen-bond acceptors (Lipinski definition) is 12. The summed E-state index contributed by atoms with van der Waals surface area (Å²) in [5, 5.41) is 22.9. The van der Waals surface area contributed by atoms with E-state index in [4.69, 9.17) is 0 Å². The van der Waals surface area contributed by atoms with E-state index in [0.717, 1.165) is 103 Å².